The number of thiophene rings is 1. The Kier molecular flexibility index (Phi) is 4.83. The summed E-state index contributed by atoms with van der Waals surface area (Å²) in [4.78, 5) is 11.7. The largest absolute Gasteiger partial charge is 0.417 e. The number of nitrogens with zero attached hydrogens (tertiary/aromatic N) is 2. The van der Waals surface area contributed by atoms with Gasteiger partial charge in [0.2, 0.25) is 6.08 Å². The molecule has 0 bridgehead atoms. The van der Waals surface area contributed by atoms with Crippen molar-refractivity contribution in [2.75, 3.05) is 0 Å². The summed E-state index contributed by atoms with van der Waals surface area (Å²) in [5.74, 6) is 0. The third-order valence-corrected chi connectivity index (χ3v) is 4.89. The standard InChI is InChI=1S/C14H5Cl2F3N2OS/c15-11-4-9(21-7-22)1-2-10(11)13(16,6-20)12-3-8(5-23-12)14(17,18)19/h1-5H. The molecular weight excluding hydrogens is 372 g/mol. The van der Waals surface area contributed by atoms with E-state index in [0.717, 1.165) is 11.4 Å². The summed E-state index contributed by atoms with van der Waals surface area (Å²) in [6.07, 6.45) is -3.20. The molecule has 0 aliphatic rings. The Balaban J connectivity index is 2.55. The molecule has 2 rings (SSSR count). The van der Waals surface area contributed by atoms with Crippen molar-refractivity contribution in [3.63, 3.8) is 0 Å². The molecule has 3 nitrogen and oxygen atoms in total. The van der Waals surface area contributed by atoms with Crippen LogP contribution in [0.2, 0.25) is 5.02 Å². The van der Waals surface area contributed by atoms with E-state index in [2.05, 4.69) is 4.99 Å². The minimum atomic E-state index is -4.53. The van der Waals surface area contributed by atoms with Crippen molar-refractivity contribution in [1.82, 2.24) is 0 Å². The number of carbonyl (C=O) groups excluding carboxylic acids is 1. The summed E-state index contributed by atoms with van der Waals surface area (Å²) in [5, 5.41) is 10.3. The second-order valence-corrected chi connectivity index (χ2v) is 6.22. The lowest BCUT2D eigenvalue weighted by molar-refractivity contribution is -0.137. The summed E-state index contributed by atoms with van der Waals surface area (Å²) in [6, 6.07) is 6.57. The average molecular weight is 377 g/mol. The second-order valence-electron chi connectivity index (χ2n) is 4.33. The lowest BCUT2D eigenvalue weighted by Crippen LogP contribution is -2.17. The first-order valence-corrected chi connectivity index (χ1v) is 7.50. The van der Waals surface area contributed by atoms with Crippen LogP contribution < -0.4 is 0 Å². The van der Waals surface area contributed by atoms with E-state index in [1.54, 1.807) is 6.07 Å². The molecule has 9 heteroatoms. The van der Waals surface area contributed by atoms with Gasteiger partial charge < -0.3 is 0 Å². The summed E-state index contributed by atoms with van der Waals surface area (Å²) in [5.41, 5.74) is -0.604. The maximum absolute atomic E-state index is 12.7. The van der Waals surface area contributed by atoms with E-state index in [1.807, 2.05) is 0 Å². The van der Waals surface area contributed by atoms with Crippen LogP contribution in [0.3, 0.4) is 0 Å². The van der Waals surface area contributed by atoms with Gasteiger partial charge in [-0.15, -0.1) is 11.3 Å². The fourth-order valence-electron chi connectivity index (χ4n) is 1.82. The first kappa shape index (κ1) is 17.5. The van der Waals surface area contributed by atoms with Crippen molar-refractivity contribution in [3.8, 4) is 6.07 Å². The molecule has 1 atom stereocenters. The third kappa shape index (κ3) is 3.41. The average Bonchev–Trinajstić information content (AvgIpc) is 2.97. The monoisotopic (exact) mass is 376 g/mol. The van der Waals surface area contributed by atoms with Crippen molar-refractivity contribution in [3.05, 3.63) is 50.7 Å². The van der Waals surface area contributed by atoms with E-state index in [4.69, 9.17) is 23.2 Å². The van der Waals surface area contributed by atoms with Gasteiger partial charge in [-0.2, -0.15) is 23.4 Å². The fraction of sp³-hybridized carbons (Fsp3) is 0.143. The number of aliphatic imine (C=N–C) groups is 1. The molecule has 0 fully saturated rings. The van der Waals surface area contributed by atoms with Crippen LogP contribution in [-0.4, -0.2) is 6.08 Å². The van der Waals surface area contributed by atoms with Gasteiger partial charge in [0.15, 0.2) is 4.87 Å². The highest BCUT2D eigenvalue weighted by molar-refractivity contribution is 7.10. The number of alkyl halides is 4. The van der Waals surface area contributed by atoms with Gasteiger partial charge in [0, 0.05) is 20.8 Å². The number of halogens is 5. The second kappa shape index (κ2) is 6.34. The Labute approximate surface area is 142 Å². The molecule has 0 amide bonds. The Bertz CT molecular complexity index is 837. The summed E-state index contributed by atoms with van der Waals surface area (Å²) >= 11 is 13.0. The molecule has 0 saturated carbocycles. The van der Waals surface area contributed by atoms with Crippen molar-refractivity contribution >= 4 is 46.3 Å². The Hall–Kier alpha value is -1.84. The van der Waals surface area contributed by atoms with Crippen LogP contribution in [0.15, 0.2) is 34.6 Å². The molecule has 1 heterocycles. The van der Waals surface area contributed by atoms with Crippen molar-refractivity contribution in [2.45, 2.75) is 11.1 Å². The smallest absolute Gasteiger partial charge is 0.211 e. The van der Waals surface area contributed by atoms with Gasteiger partial charge >= 0.3 is 6.18 Å². The minimum Gasteiger partial charge on any atom is -0.211 e. The molecule has 0 aliphatic heterocycles. The molecule has 1 aromatic heterocycles. The highest BCUT2D eigenvalue weighted by Crippen LogP contribution is 2.45. The first-order chi connectivity index (χ1) is 10.7. The normalized spacial score (nSPS) is 13.7. The summed E-state index contributed by atoms with van der Waals surface area (Å²) in [7, 11) is 0. The first-order valence-electron chi connectivity index (χ1n) is 5.86. The van der Waals surface area contributed by atoms with E-state index in [0.29, 0.717) is 11.3 Å². The third-order valence-electron chi connectivity index (χ3n) is 2.92. The van der Waals surface area contributed by atoms with Gasteiger partial charge in [-0.3, -0.25) is 0 Å². The molecule has 0 N–H and O–H groups in total. The summed E-state index contributed by atoms with van der Waals surface area (Å²) in [6.45, 7) is 0. The summed E-state index contributed by atoms with van der Waals surface area (Å²) < 4.78 is 38.2. The molecule has 0 spiro atoms. The van der Waals surface area contributed by atoms with E-state index in [1.165, 1.54) is 24.3 Å². The van der Waals surface area contributed by atoms with Gasteiger partial charge in [0.1, 0.15) is 0 Å². The minimum absolute atomic E-state index is 0.00000803. The highest BCUT2D eigenvalue weighted by atomic mass is 35.5. The van der Waals surface area contributed by atoms with E-state index >= 15 is 0 Å². The van der Waals surface area contributed by atoms with Crippen LogP contribution in [0.1, 0.15) is 16.0 Å². The molecule has 118 valence electrons. The molecule has 1 unspecified atom stereocenters. The number of hydrogen-bond donors (Lipinski definition) is 0. The van der Waals surface area contributed by atoms with Gasteiger partial charge in [0.05, 0.1) is 17.3 Å². The lowest BCUT2D eigenvalue weighted by Gasteiger charge is -2.19. The van der Waals surface area contributed by atoms with Crippen LogP contribution in [0.5, 0.6) is 0 Å². The number of hydrogen-bond acceptors (Lipinski definition) is 4. The van der Waals surface area contributed by atoms with E-state index in [-0.39, 0.29) is 21.2 Å². The zero-order valence-electron chi connectivity index (χ0n) is 11.0. The quantitative estimate of drug-likeness (QED) is 0.409. The Morgan fingerprint density at radius 1 is 1.26 bits per heavy atom. The zero-order chi connectivity index (χ0) is 17.3. The van der Waals surface area contributed by atoms with Crippen LogP contribution in [-0.2, 0) is 15.8 Å². The van der Waals surface area contributed by atoms with Gasteiger partial charge in [-0.25, -0.2) is 4.79 Å². The Morgan fingerprint density at radius 2 is 1.96 bits per heavy atom. The molecule has 0 aliphatic carbocycles. The number of benzene rings is 1. The van der Waals surface area contributed by atoms with Gasteiger partial charge in [-0.1, -0.05) is 29.3 Å². The van der Waals surface area contributed by atoms with Crippen molar-refractivity contribution in [1.29, 1.82) is 5.26 Å². The predicted molar refractivity (Wildman–Crippen MR) is 80.8 cm³/mol. The van der Waals surface area contributed by atoms with Crippen LogP contribution >= 0.6 is 34.5 Å². The molecule has 0 radical (unpaired) electrons. The number of isocyanates is 1. The maximum atomic E-state index is 12.7. The number of nitriles is 1. The van der Waals surface area contributed by atoms with Crippen LogP contribution in [0.4, 0.5) is 18.9 Å². The highest BCUT2D eigenvalue weighted by Gasteiger charge is 2.39. The Morgan fingerprint density at radius 3 is 2.43 bits per heavy atom. The lowest BCUT2D eigenvalue weighted by atomic mass is 9.97. The molecule has 23 heavy (non-hydrogen) atoms. The maximum Gasteiger partial charge on any atom is 0.417 e. The molecular formula is C14H5Cl2F3N2OS. The van der Waals surface area contributed by atoms with E-state index < -0.39 is 16.6 Å². The predicted octanol–water partition coefficient (Wildman–Crippen LogP) is 5.39. The molecule has 0 saturated heterocycles. The van der Waals surface area contributed by atoms with Crippen molar-refractivity contribution in [2.24, 2.45) is 4.99 Å². The zero-order valence-corrected chi connectivity index (χ0v) is 13.3. The molecule has 1 aromatic carbocycles. The van der Waals surface area contributed by atoms with Gasteiger partial charge in [0.25, 0.3) is 0 Å². The van der Waals surface area contributed by atoms with E-state index in [9.17, 15) is 23.2 Å². The topological polar surface area (TPSA) is 53.2 Å². The number of rotatable bonds is 3. The van der Waals surface area contributed by atoms with Gasteiger partial charge in [-0.05, 0) is 18.2 Å². The SMILES string of the molecule is N#CC(Cl)(c1cc(C(F)(F)F)cs1)c1ccc(N=C=O)cc1Cl. The van der Waals surface area contributed by atoms with Crippen molar-refractivity contribution < 1.29 is 18.0 Å². The molecule has 2 aromatic rings. The van der Waals surface area contributed by atoms with Crippen LogP contribution in [0, 0.1) is 11.3 Å². The van der Waals surface area contributed by atoms with Crippen LogP contribution in [0.25, 0.3) is 0 Å². The fourth-order valence-corrected chi connectivity index (χ4v) is 3.51.